The molecular formula is C26H23FN4OS. The van der Waals surface area contributed by atoms with E-state index in [1.165, 1.54) is 41.2 Å². The van der Waals surface area contributed by atoms with Gasteiger partial charge in [-0.25, -0.2) is 9.37 Å². The van der Waals surface area contributed by atoms with Crippen LogP contribution in [0, 0.1) is 5.82 Å². The van der Waals surface area contributed by atoms with Gasteiger partial charge in [-0.05, 0) is 41.3 Å². The summed E-state index contributed by atoms with van der Waals surface area (Å²) < 4.78 is 13.2. The second-order valence-electron chi connectivity index (χ2n) is 7.72. The van der Waals surface area contributed by atoms with E-state index in [9.17, 15) is 9.18 Å². The molecule has 1 amide bonds. The molecule has 2 N–H and O–H groups in total. The molecule has 0 spiro atoms. The van der Waals surface area contributed by atoms with Crippen molar-refractivity contribution in [3.63, 3.8) is 0 Å². The highest BCUT2D eigenvalue weighted by molar-refractivity contribution is 7.20. The smallest absolute Gasteiger partial charge is 0.256 e. The molecule has 0 unspecified atom stereocenters. The second-order valence-corrected chi connectivity index (χ2v) is 8.71. The van der Waals surface area contributed by atoms with Gasteiger partial charge in [0.25, 0.3) is 5.91 Å². The molecule has 0 aliphatic heterocycles. The predicted molar refractivity (Wildman–Crippen MR) is 134 cm³/mol. The Hall–Kier alpha value is -3.84. The lowest BCUT2D eigenvalue weighted by Gasteiger charge is -2.05. The number of benzene rings is 3. The Morgan fingerprint density at radius 2 is 1.70 bits per heavy atom. The van der Waals surface area contributed by atoms with Crippen LogP contribution < -0.4 is 10.7 Å². The van der Waals surface area contributed by atoms with Crippen LogP contribution in [0.4, 0.5) is 14.5 Å². The number of hydrogen-bond donors (Lipinski definition) is 2. The van der Waals surface area contributed by atoms with Crippen LogP contribution in [-0.2, 0) is 0 Å². The highest BCUT2D eigenvalue weighted by Gasteiger charge is 2.16. The van der Waals surface area contributed by atoms with E-state index in [4.69, 9.17) is 0 Å². The summed E-state index contributed by atoms with van der Waals surface area (Å²) in [6.07, 6.45) is 1.73. The van der Waals surface area contributed by atoms with E-state index in [2.05, 4.69) is 46.8 Å². The third-order valence-electron chi connectivity index (χ3n) is 4.98. The van der Waals surface area contributed by atoms with Gasteiger partial charge in [0.2, 0.25) is 5.13 Å². The lowest BCUT2D eigenvalue weighted by molar-refractivity contribution is 0.102. The minimum atomic E-state index is -0.391. The van der Waals surface area contributed by atoms with Crippen molar-refractivity contribution >= 4 is 33.6 Å². The molecule has 7 heteroatoms. The number of nitrogens with zero attached hydrogens (tertiary/aromatic N) is 2. The third-order valence-corrected chi connectivity index (χ3v) is 5.86. The molecule has 0 aliphatic carbocycles. The Morgan fingerprint density at radius 1 is 1.00 bits per heavy atom. The second kappa shape index (κ2) is 10.2. The van der Waals surface area contributed by atoms with Crippen molar-refractivity contribution in [1.29, 1.82) is 0 Å². The van der Waals surface area contributed by atoms with Crippen LogP contribution >= 0.6 is 11.3 Å². The first-order chi connectivity index (χ1) is 16.0. The molecule has 0 radical (unpaired) electrons. The summed E-state index contributed by atoms with van der Waals surface area (Å²) in [5, 5.41) is 8.31. The van der Waals surface area contributed by atoms with Crippen molar-refractivity contribution in [2.24, 2.45) is 5.10 Å². The number of amides is 1. The van der Waals surface area contributed by atoms with E-state index in [1.54, 1.807) is 6.21 Å². The molecule has 0 atom stereocenters. The number of hydrogen-bond acceptors (Lipinski definition) is 5. The number of anilines is 2. The number of nitrogens with one attached hydrogen (secondary N) is 2. The number of hydrazone groups is 1. The van der Waals surface area contributed by atoms with Crippen LogP contribution in [0.25, 0.3) is 11.3 Å². The molecular weight excluding hydrogens is 435 g/mol. The van der Waals surface area contributed by atoms with Gasteiger partial charge in [-0.15, -0.1) is 0 Å². The van der Waals surface area contributed by atoms with Crippen molar-refractivity contribution in [3.05, 3.63) is 101 Å². The van der Waals surface area contributed by atoms with Crippen molar-refractivity contribution in [3.8, 4) is 11.3 Å². The summed E-state index contributed by atoms with van der Waals surface area (Å²) >= 11 is 1.28. The van der Waals surface area contributed by atoms with Crippen molar-refractivity contribution < 1.29 is 9.18 Å². The van der Waals surface area contributed by atoms with E-state index in [1.807, 2.05) is 42.5 Å². The van der Waals surface area contributed by atoms with Gasteiger partial charge in [-0.1, -0.05) is 79.8 Å². The highest BCUT2D eigenvalue weighted by Crippen LogP contribution is 2.36. The molecule has 5 nitrogen and oxygen atoms in total. The molecule has 3 aromatic carbocycles. The summed E-state index contributed by atoms with van der Waals surface area (Å²) in [6.45, 7) is 4.31. The number of carbonyl (C=O) groups excluding carboxylic acids is 1. The van der Waals surface area contributed by atoms with Crippen LogP contribution in [-0.4, -0.2) is 17.1 Å². The number of rotatable bonds is 7. The summed E-state index contributed by atoms with van der Waals surface area (Å²) in [5.74, 6) is -0.252. The van der Waals surface area contributed by atoms with Crippen LogP contribution in [0.2, 0.25) is 0 Å². The normalized spacial score (nSPS) is 11.2. The van der Waals surface area contributed by atoms with Crippen molar-refractivity contribution in [2.45, 2.75) is 19.8 Å². The van der Waals surface area contributed by atoms with Gasteiger partial charge in [0, 0.05) is 11.1 Å². The Bertz CT molecular complexity index is 1250. The minimum Gasteiger partial charge on any atom is -0.312 e. The molecule has 1 aromatic heterocycles. The minimum absolute atomic E-state index is 0.337. The average molecular weight is 459 g/mol. The molecule has 4 rings (SSSR count). The first-order valence-electron chi connectivity index (χ1n) is 10.5. The first kappa shape index (κ1) is 22.4. The zero-order valence-electron chi connectivity index (χ0n) is 18.2. The molecule has 0 bridgehead atoms. The molecule has 0 saturated heterocycles. The maximum absolute atomic E-state index is 13.2. The van der Waals surface area contributed by atoms with Gasteiger partial charge < -0.3 is 5.32 Å². The van der Waals surface area contributed by atoms with Gasteiger partial charge in [-0.3, -0.25) is 10.2 Å². The quantitative estimate of drug-likeness (QED) is 0.237. The fourth-order valence-electron chi connectivity index (χ4n) is 3.15. The number of aromatic nitrogens is 1. The van der Waals surface area contributed by atoms with E-state index < -0.39 is 5.82 Å². The summed E-state index contributed by atoms with van der Waals surface area (Å²) in [7, 11) is 0. The molecule has 1 heterocycles. The van der Waals surface area contributed by atoms with Crippen LogP contribution in [0.5, 0.6) is 0 Å². The SMILES string of the molecule is CC(C)c1ccc(C=NNc2nc(-c3ccccc3)c(NC(=O)c3ccc(F)cc3)s2)cc1. The molecule has 166 valence electrons. The zero-order valence-corrected chi connectivity index (χ0v) is 19.1. The maximum Gasteiger partial charge on any atom is 0.256 e. The molecule has 33 heavy (non-hydrogen) atoms. The number of thiazole rings is 1. The van der Waals surface area contributed by atoms with Gasteiger partial charge >= 0.3 is 0 Å². The topological polar surface area (TPSA) is 66.4 Å². The lowest BCUT2D eigenvalue weighted by atomic mass is 10.0. The van der Waals surface area contributed by atoms with E-state index in [0.29, 0.717) is 27.3 Å². The Morgan fingerprint density at radius 3 is 2.36 bits per heavy atom. The monoisotopic (exact) mass is 458 g/mol. The van der Waals surface area contributed by atoms with Gasteiger partial charge in [0.1, 0.15) is 16.5 Å². The average Bonchev–Trinajstić information content (AvgIpc) is 3.22. The van der Waals surface area contributed by atoms with Gasteiger partial charge in [0.15, 0.2) is 0 Å². The predicted octanol–water partition coefficient (Wildman–Crippen LogP) is 6.77. The Balaban J connectivity index is 1.54. The lowest BCUT2D eigenvalue weighted by Crippen LogP contribution is -2.11. The van der Waals surface area contributed by atoms with E-state index in [0.717, 1.165) is 11.1 Å². The first-order valence-corrected chi connectivity index (χ1v) is 11.3. The number of halogens is 1. The van der Waals surface area contributed by atoms with Crippen LogP contribution in [0.3, 0.4) is 0 Å². The summed E-state index contributed by atoms with van der Waals surface area (Å²) in [6, 6.07) is 23.2. The number of carbonyl (C=O) groups is 1. The van der Waals surface area contributed by atoms with Crippen molar-refractivity contribution in [2.75, 3.05) is 10.7 Å². The molecule has 0 saturated carbocycles. The largest absolute Gasteiger partial charge is 0.312 e. The standard InChI is InChI=1S/C26H23FN4OS/c1-17(2)19-10-8-18(9-11-19)16-28-31-26-29-23(20-6-4-3-5-7-20)25(33-26)30-24(32)21-12-14-22(27)15-13-21/h3-17H,1-2H3,(H,29,31)(H,30,32). The molecule has 4 aromatic rings. The summed E-state index contributed by atoms with van der Waals surface area (Å²) in [4.78, 5) is 17.3. The zero-order chi connectivity index (χ0) is 23.2. The van der Waals surface area contributed by atoms with Gasteiger partial charge in [0.05, 0.1) is 6.21 Å². The van der Waals surface area contributed by atoms with Crippen LogP contribution in [0.15, 0.2) is 84.0 Å². The highest BCUT2D eigenvalue weighted by atomic mass is 32.1. The molecule has 0 fully saturated rings. The Labute approximate surface area is 196 Å². The summed E-state index contributed by atoms with van der Waals surface area (Å²) in [5.41, 5.74) is 7.06. The fraction of sp³-hybridized carbons (Fsp3) is 0.115. The fourth-order valence-corrected chi connectivity index (χ4v) is 3.98. The van der Waals surface area contributed by atoms with E-state index in [-0.39, 0.29) is 5.91 Å². The van der Waals surface area contributed by atoms with E-state index >= 15 is 0 Å². The Kier molecular flexibility index (Phi) is 6.90. The van der Waals surface area contributed by atoms with Gasteiger partial charge in [-0.2, -0.15) is 5.10 Å². The third kappa shape index (κ3) is 5.70. The van der Waals surface area contributed by atoms with Crippen LogP contribution in [0.1, 0.15) is 41.3 Å². The van der Waals surface area contributed by atoms with Crippen molar-refractivity contribution in [1.82, 2.24) is 4.98 Å². The molecule has 0 aliphatic rings. The maximum atomic E-state index is 13.2.